The Morgan fingerprint density at radius 2 is 1.72 bits per heavy atom. The Balaban J connectivity index is 1.66. The summed E-state index contributed by atoms with van der Waals surface area (Å²) in [4.78, 5) is 49.7. The number of anilines is 4. The number of carboxylic acid groups (broad SMARTS) is 1. The average Bonchev–Trinajstić information content (AvgIpc) is 3.24. The standard InChI is InChI=1S/C28H32FN7O6S/c1-5-35(6-2)27-30-16-23(34(4)43(41,42)21-13-9-19(29)10-14-21)25(32-27)31-22(26(38)39)15-18-7-11-20(12-8-18)36-24(37)17-33(3)28(36)40/h7-14,16,22H,5-6,15,17H2,1-4H3,(H,38,39)(H,30,31,32)/t22-/m0/s1. The Labute approximate surface area is 248 Å². The summed E-state index contributed by atoms with van der Waals surface area (Å²) in [5.41, 5.74) is 0.914. The minimum Gasteiger partial charge on any atom is -0.480 e. The maximum absolute atomic E-state index is 13.5. The van der Waals surface area contributed by atoms with E-state index >= 15 is 0 Å². The lowest BCUT2D eigenvalue weighted by Crippen LogP contribution is -2.35. The summed E-state index contributed by atoms with van der Waals surface area (Å²) in [5, 5.41) is 13.0. The van der Waals surface area contributed by atoms with Gasteiger partial charge in [-0.1, -0.05) is 12.1 Å². The van der Waals surface area contributed by atoms with Crippen molar-refractivity contribution >= 4 is 51.1 Å². The number of sulfonamides is 1. The number of aliphatic carboxylic acids is 1. The summed E-state index contributed by atoms with van der Waals surface area (Å²) >= 11 is 0. The summed E-state index contributed by atoms with van der Waals surface area (Å²) in [7, 11) is -1.40. The molecule has 43 heavy (non-hydrogen) atoms. The number of amides is 3. The van der Waals surface area contributed by atoms with Gasteiger partial charge >= 0.3 is 12.0 Å². The van der Waals surface area contributed by atoms with Crippen LogP contribution in [0.3, 0.4) is 0 Å². The van der Waals surface area contributed by atoms with E-state index < -0.39 is 33.9 Å². The van der Waals surface area contributed by atoms with Crippen LogP contribution in [0.1, 0.15) is 19.4 Å². The third-order valence-electron chi connectivity index (χ3n) is 7.00. The van der Waals surface area contributed by atoms with Gasteiger partial charge in [0.15, 0.2) is 5.82 Å². The number of benzene rings is 2. The molecule has 13 nitrogen and oxygen atoms in total. The van der Waals surface area contributed by atoms with Crippen LogP contribution >= 0.6 is 0 Å². The van der Waals surface area contributed by atoms with Crippen molar-refractivity contribution < 1.29 is 32.3 Å². The molecule has 0 unspecified atom stereocenters. The van der Waals surface area contributed by atoms with Crippen molar-refractivity contribution in [1.29, 1.82) is 0 Å². The summed E-state index contributed by atoms with van der Waals surface area (Å²) < 4.78 is 41.1. The highest BCUT2D eigenvalue weighted by atomic mass is 32.2. The highest BCUT2D eigenvalue weighted by Gasteiger charge is 2.35. The molecule has 15 heteroatoms. The summed E-state index contributed by atoms with van der Waals surface area (Å²) in [6, 6.07) is 8.93. The predicted octanol–water partition coefficient (Wildman–Crippen LogP) is 2.79. The topological polar surface area (TPSA) is 156 Å². The number of carbonyl (C=O) groups is 3. The number of carboxylic acids is 1. The van der Waals surface area contributed by atoms with Crippen molar-refractivity contribution in [2.45, 2.75) is 31.2 Å². The molecule has 228 valence electrons. The molecule has 1 aromatic heterocycles. The molecular weight excluding hydrogens is 581 g/mol. The van der Waals surface area contributed by atoms with Gasteiger partial charge in [0.25, 0.3) is 15.9 Å². The number of aromatic nitrogens is 2. The van der Waals surface area contributed by atoms with Crippen molar-refractivity contribution in [3.05, 3.63) is 66.1 Å². The molecule has 3 amide bonds. The van der Waals surface area contributed by atoms with E-state index in [1.807, 2.05) is 18.7 Å². The van der Waals surface area contributed by atoms with Gasteiger partial charge in [-0.05, 0) is 55.8 Å². The molecule has 3 aromatic rings. The zero-order valence-electron chi connectivity index (χ0n) is 24.1. The van der Waals surface area contributed by atoms with Crippen LogP contribution in [-0.4, -0.2) is 86.1 Å². The molecule has 0 bridgehead atoms. The molecule has 1 fully saturated rings. The third kappa shape index (κ3) is 6.51. The molecule has 1 aliphatic heterocycles. The molecule has 2 aromatic carbocycles. The zero-order valence-corrected chi connectivity index (χ0v) is 24.9. The third-order valence-corrected chi connectivity index (χ3v) is 8.78. The van der Waals surface area contributed by atoms with Crippen LogP contribution in [-0.2, 0) is 26.0 Å². The lowest BCUT2D eigenvalue weighted by atomic mass is 10.1. The summed E-state index contributed by atoms with van der Waals surface area (Å²) in [5.74, 6) is -1.97. The van der Waals surface area contributed by atoms with E-state index in [0.717, 1.165) is 33.5 Å². The number of hydrogen-bond donors (Lipinski definition) is 2. The second kappa shape index (κ2) is 12.6. The van der Waals surface area contributed by atoms with Gasteiger partial charge in [0, 0.05) is 33.6 Å². The SMILES string of the molecule is CCN(CC)c1ncc(N(C)S(=O)(=O)c2ccc(F)cc2)c(N[C@@H](Cc2ccc(N3C(=O)CN(C)C3=O)cc2)C(=O)O)n1. The Hall–Kier alpha value is -4.79. The number of imide groups is 1. The maximum atomic E-state index is 13.5. The first-order valence-corrected chi connectivity index (χ1v) is 14.8. The molecule has 1 saturated heterocycles. The largest absolute Gasteiger partial charge is 0.480 e. The Bertz CT molecular complexity index is 1620. The van der Waals surface area contributed by atoms with Gasteiger partial charge < -0.3 is 20.2 Å². The van der Waals surface area contributed by atoms with E-state index in [1.165, 1.54) is 25.2 Å². The monoisotopic (exact) mass is 613 g/mol. The fourth-order valence-corrected chi connectivity index (χ4v) is 5.70. The van der Waals surface area contributed by atoms with E-state index in [0.29, 0.717) is 24.3 Å². The Morgan fingerprint density at radius 3 is 2.26 bits per heavy atom. The van der Waals surface area contributed by atoms with Crippen molar-refractivity contribution in [1.82, 2.24) is 14.9 Å². The van der Waals surface area contributed by atoms with E-state index in [2.05, 4.69) is 15.3 Å². The van der Waals surface area contributed by atoms with Crippen LogP contribution in [0.2, 0.25) is 0 Å². The van der Waals surface area contributed by atoms with E-state index in [-0.39, 0.29) is 41.2 Å². The van der Waals surface area contributed by atoms with Crippen LogP contribution < -0.4 is 19.4 Å². The lowest BCUT2D eigenvalue weighted by molar-refractivity contribution is -0.137. The number of hydrogen-bond acceptors (Lipinski definition) is 9. The maximum Gasteiger partial charge on any atom is 0.331 e. The van der Waals surface area contributed by atoms with E-state index in [1.54, 1.807) is 24.3 Å². The van der Waals surface area contributed by atoms with Crippen LogP contribution in [0, 0.1) is 5.82 Å². The van der Waals surface area contributed by atoms with Gasteiger partial charge in [-0.2, -0.15) is 4.98 Å². The second-order valence-electron chi connectivity index (χ2n) is 9.78. The fourth-order valence-electron chi connectivity index (χ4n) is 4.51. The van der Waals surface area contributed by atoms with Crippen LogP contribution in [0.25, 0.3) is 0 Å². The minimum absolute atomic E-state index is 0.0167. The minimum atomic E-state index is -4.19. The van der Waals surface area contributed by atoms with Crippen molar-refractivity contribution in [3.63, 3.8) is 0 Å². The molecule has 0 saturated carbocycles. The van der Waals surface area contributed by atoms with Crippen molar-refractivity contribution in [2.24, 2.45) is 0 Å². The number of likely N-dealkylation sites (N-methyl/N-ethyl adjacent to an activating group) is 1. The average molecular weight is 614 g/mol. The van der Waals surface area contributed by atoms with Gasteiger partial charge in [-0.15, -0.1) is 0 Å². The first-order valence-electron chi connectivity index (χ1n) is 13.4. The van der Waals surface area contributed by atoms with E-state index in [4.69, 9.17) is 0 Å². The molecule has 0 spiro atoms. The van der Waals surface area contributed by atoms with Gasteiger partial charge in [0.2, 0.25) is 5.95 Å². The van der Waals surface area contributed by atoms with Gasteiger partial charge in [-0.25, -0.2) is 32.3 Å². The second-order valence-corrected chi connectivity index (χ2v) is 11.7. The van der Waals surface area contributed by atoms with Gasteiger partial charge in [0.05, 0.1) is 16.8 Å². The quantitative estimate of drug-likeness (QED) is 0.291. The Morgan fingerprint density at radius 1 is 1.09 bits per heavy atom. The van der Waals surface area contributed by atoms with Crippen LogP contribution in [0.4, 0.5) is 32.3 Å². The summed E-state index contributed by atoms with van der Waals surface area (Å²) in [6.45, 7) is 4.85. The van der Waals surface area contributed by atoms with Crippen molar-refractivity contribution in [3.8, 4) is 0 Å². The number of nitrogens with zero attached hydrogens (tertiary/aromatic N) is 6. The van der Waals surface area contributed by atoms with Crippen molar-refractivity contribution in [2.75, 3.05) is 53.2 Å². The molecular formula is C28H32FN7O6S. The summed E-state index contributed by atoms with van der Waals surface area (Å²) in [6.07, 6.45) is 1.24. The molecule has 4 rings (SSSR count). The fraction of sp³-hybridized carbons (Fsp3) is 0.321. The molecule has 1 atom stereocenters. The molecule has 0 aliphatic carbocycles. The zero-order chi connectivity index (χ0) is 31.5. The normalized spacial score (nSPS) is 14.2. The first kappa shape index (κ1) is 31.2. The van der Waals surface area contributed by atoms with Gasteiger partial charge in [0.1, 0.15) is 24.1 Å². The number of carbonyl (C=O) groups excluding carboxylic acids is 2. The molecule has 1 aliphatic rings. The highest BCUT2D eigenvalue weighted by Crippen LogP contribution is 2.30. The molecule has 0 radical (unpaired) electrons. The first-order chi connectivity index (χ1) is 20.4. The Kier molecular flexibility index (Phi) is 9.13. The number of urea groups is 1. The molecule has 2 heterocycles. The number of rotatable bonds is 12. The molecule has 2 N–H and O–H groups in total. The van der Waals surface area contributed by atoms with E-state index in [9.17, 15) is 32.3 Å². The van der Waals surface area contributed by atoms with Gasteiger partial charge in [-0.3, -0.25) is 9.10 Å². The number of nitrogens with one attached hydrogen (secondary N) is 1. The van der Waals surface area contributed by atoms with Crippen LogP contribution in [0.5, 0.6) is 0 Å². The van der Waals surface area contributed by atoms with Crippen LogP contribution in [0.15, 0.2) is 59.6 Å². The highest BCUT2D eigenvalue weighted by molar-refractivity contribution is 7.92. The smallest absolute Gasteiger partial charge is 0.331 e. The number of halogens is 1. The predicted molar refractivity (Wildman–Crippen MR) is 158 cm³/mol. The lowest BCUT2D eigenvalue weighted by Gasteiger charge is -2.26.